The summed E-state index contributed by atoms with van der Waals surface area (Å²) in [6, 6.07) is 10.9. The fourth-order valence-electron chi connectivity index (χ4n) is 3.03. The Balaban J connectivity index is 1.63. The molecule has 4 rings (SSSR count). The third-order valence-corrected chi connectivity index (χ3v) is 4.53. The minimum Gasteiger partial charge on any atom is -0.504 e. The van der Waals surface area contributed by atoms with Gasteiger partial charge in [-0.2, -0.15) is 4.80 Å². The van der Waals surface area contributed by atoms with Gasteiger partial charge in [-0.1, -0.05) is 23.7 Å². The van der Waals surface area contributed by atoms with E-state index in [-0.39, 0.29) is 24.8 Å². The number of aromatic hydroxyl groups is 1. The maximum absolute atomic E-state index is 12.6. The first-order valence-corrected chi connectivity index (χ1v) is 8.71. The van der Waals surface area contributed by atoms with Gasteiger partial charge in [-0.25, -0.2) is 0 Å². The second-order valence-electron chi connectivity index (χ2n) is 6.12. The largest absolute Gasteiger partial charge is 0.504 e. The van der Waals surface area contributed by atoms with Crippen LogP contribution >= 0.6 is 11.6 Å². The molecule has 0 bridgehead atoms. The Morgan fingerprint density at radius 1 is 1.26 bits per heavy atom. The van der Waals surface area contributed by atoms with Gasteiger partial charge < -0.3 is 14.7 Å². The molecule has 0 radical (unpaired) electrons. The van der Waals surface area contributed by atoms with Crippen molar-refractivity contribution in [2.24, 2.45) is 0 Å². The van der Waals surface area contributed by atoms with Crippen LogP contribution in [0.2, 0.25) is 5.02 Å². The molecule has 9 heteroatoms. The van der Waals surface area contributed by atoms with Crippen molar-refractivity contribution >= 4 is 17.5 Å². The van der Waals surface area contributed by atoms with Crippen LogP contribution in [0.1, 0.15) is 5.56 Å². The van der Waals surface area contributed by atoms with Gasteiger partial charge in [0, 0.05) is 17.1 Å². The zero-order chi connectivity index (χ0) is 18.8. The average Bonchev–Trinajstić information content (AvgIpc) is 3.05. The van der Waals surface area contributed by atoms with Gasteiger partial charge in [-0.3, -0.25) is 4.79 Å². The normalized spacial score (nSPS) is 13.6. The molecule has 0 unspecified atom stereocenters. The van der Waals surface area contributed by atoms with Crippen molar-refractivity contribution in [3.63, 3.8) is 0 Å². The highest BCUT2D eigenvalue weighted by Crippen LogP contribution is 2.38. The molecule has 3 aromatic rings. The number of carbonyl (C=O) groups is 1. The van der Waals surface area contributed by atoms with Crippen molar-refractivity contribution in [3.05, 3.63) is 53.3 Å². The molecule has 1 aliphatic heterocycles. The highest BCUT2D eigenvalue weighted by molar-refractivity contribution is 6.30. The zero-order valence-corrected chi connectivity index (χ0v) is 15.0. The number of phenolic OH excluding ortho intramolecular Hbond substituents is 1. The summed E-state index contributed by atoms with van der Waals surface area (Å²) in [6.07, 6.45) is 1.28. The van der Waals surface area contributed by atoms with Crippen molar-refractivity contribution in [1.82, 2.24) is 25.1 Å². The topological polar surface area (TPSA) is 93.4 Å². The molecule has 1 amide bonds. The standard InChI is InChI=1S/C18H16ClN5O3/c19-15-3-1-2-12(7-15)13-6-14-9-23(4-5-27-18(14)16(25)8-13)17(26)10-24-21-11-20-22-24/h1-3,6-8,11,25H,4-5,9-10H2. The molecule has 2 aromatic carbocycles. The molecule has 27 heavy (non-hydrogen) atoms. The molecule has 0 aliphatic carbocycles. The number of rotatable bonds is 3. The Kier molecular flexibility index (Phi) is 4.64. The Hall–Kier alpha value is -3.13. The number of carbonyl (C=O) groups excluding carboxylic acids is 1. The lowest BCUT2D eigenvalue weighted by Crippen LogP contribution is -2.35. The fourth-order valence-corrected chi connectivity index (χ4v) is 3.22. The van der Waals surface area contributed by atoms with Crippen LogP contribution in [0.5, 0.6) is 11.5 Å². The number of phenols is 1. The smallest absolute Gasteiger partial charge is 0.246 e. The number of aromatic nitrogens is 4. The van der Waals surface area contributed by atoms with Crippen LogP contribution in [0.3, 0.4) is 0 Å². The van der Waals surface area contributed by atoms with Crippen LogP contribution in [0.4, 0.5) is 0 Å². The van der Waals surface area contributed by atoms with E-state index in [1.54, 1.807) is 17.0 Å². The van der Waals surface area contributed by atoms with Crippen LogP contribution in [0.25, 0.3) is 11.1 Å². The van der Waals surface area contributed by atoms with Gasteiger partial charge in [-0.05, 0) is 40.6 Å². The zero-order valence-electron chi connectivity index (χ0n) is 14.2. The van der Waals surface area contributed by atoms with E-state index in [9.17, 15) is 9.90 Å². The van der Waals surface area contributed by atoms with Crippen LogP contribution in [-0.2, 0) is 17.9 Å². The van der Waals surface area contributed by atoms with Gasteiger partial charge in [0.15, 0.2) is 17.8 Å². The molecule has 8 nitrogen and oxygen atoms in total. The lowest BCUT2D eigenvalue weighted by molar-refractivity contribution is -0.133. The van der Waals surface area contributed by atoms with Gasteiger partial charge >= 0.3 is 0 Å². The monoisotopic (exact) mass is 385 g/mol. The Morgan fingerprint density at radius 3 is 2.93 bits per heavy atom. The third-order valence-electron chi connectivity index (χ3n) is 4.29. The van der Waals surface area contributed by atoms with Crippen LogP contribution in [-0.4, -0.2) is 49.3 Å². The molecule has 1 aromatic heterocycles. The number of halogens is 1. The quantitative estimate of drug-likeness (QED) is 0.742. The van der Waals surface area contributed by atoms with Crippen LogP contribution in [0.15, 0.2) is 42.7 Å². The molecule has 0 fully saturated rings. The van der Waals surface area contributed by atoms with Crippen LogP contribution < -0.4 is 4.74 Å². The van der Waals surface area contributed by atoms with E-state index in [4.69, 9.17) is 16.3 Å². The minimum absolute atomic E-state index is 0.00466. The second-order valence-corrected chi connectivity index (χ2v) is 6.56. The maximum Gasteiger partial charge on any atom is 0.246 e. The molecule has 1 aliphatic rings. The number of amides is 1. The third kappa shape index (κ3) is 3.70. The summed E-state index contributed by atoms with van der Waals surface area (Å²) in [6.45, 7) is 0.988. The summed E-state index contributed by atoms with van der Waals surface area (Å²) >= 11 is 6.08. The van der Waals surface area contributed by atoms with Crippen LogP contribution in [0, 0.1) is 0 Å². The minimum atomic E-state index is -0.155. The summed E-state index contributed by atoms with van der Waals surface area (Å²) in [4.78, 5) is 15.5. The summed E-state index contributed by atoms with van der Waals surface area (Å²) < 4.78 is 5.69. The predicted molar refractivity (Wildman–Crippen MR) is 97.3 cm³/mol. The number of ether oxygens (including phenoxy) is 1. The number of nitrogens with zero attached hydrogens (tertiary/aromatic N) is 5. The number of hydrogen-bond acceptors (Lipinski definition) is 6. The predicted octanol–water partition coefficient (Wildman–Crippen LogP) is 2.12. The first-order chi connectivity index (χ1) is 13.1. The summed E-state index contributed by atoms with van der Waals surface area (Å²) in [5.74, 6) is 0.279. The van der Waals surface area contributed by atoms with E-state index < -0.39 is 0 Å². The van der Waals surface area contributed by atoms with Crippen molar-refractivity contribution in [2.75, 3.05) is 13.2 Å². The molecule has 138 valence electrons. The van der Waals surface area contributed by atoms with E-state index in [1.165, 1.54) is 11.1 Å². The van der Waals surface area contributed by atoms with Gasteiger partial charge in [0.05, 0.1) is 6.54 Å². The maximum atomic E-state index is 12.6. The molecular weight excluding hydrogens is 370 g/mol. The first-order valence-electron chi connectivity index (χ1n) is 8.33. The van der Waals surface area contributed by atoms with E-state index >= 15 is 0 Å². The Morgan fingerprint density at radius 2 is 2.15 bits per heavy atom. The molecule has 0 spiro atoms. The number of hydrogen-bond donors (Lipinski definition) is 1. The molecule has 1 N–H and O–H groups in total. The number of benzene rings is 2. The average molecular weight is 386 g/mol. The molecule has 0 atom stereocenters. The summed E-state index contributed by atoms with van der Waals surface area (Å²) in [5.41, 5.74) is 2.39. The molecule has 0 saturated heterocycles. The fraction of sp³-hybridized carbons (Fsp3) is 0.222. The Labute approximate surface area is 159 Å². The van der Waals surface area contributed by atoms with Crippen molar-refractivity contribution in [3.8, 4) is 22.6 Å². The van der Waals surface area contributed by atoms with Crippen molar-refractivity contribution < 1.29 is 14.6 Å². The van der Waals surface area contributed by atoms with Crippen molar-refractivity contribution in [1.29, 1.82) is 0 Å². The molecule has 2 heterocycles. The lowest BCUT2D eigenvalue weighted by atomic mass is 10.0. The van der Waals surface area contributed by atoms with Gasteiger partial charge in [0.25, 0.3) is 0 Å². The lowest BCUT2D eigenvalue weighted by Gasteiger charge is -2.19. The SMILES string of the molecule is O=C(Cn1ncnn1)N1CCOc2c(O)cc(-c3cccc(Cl)c3)cc2C1. The highest BCUT2D eigenvalue weighted by atomic mass is 35.5. The highest BCUT2D eigenvalue weighted by Gasteiger charge is 2.23. The van der Waals surface area contributed by atoms with Gasteiger partial charge in [0.1, 0.15) is 13.2 Å². The number of tetrazole rings is 1. The van der Waals surface area contributed by atoms with E-state index in [0.717, 1.165) is 16.7 Å². The summed E-state index contributed by atoms with van der Waals surface area (Å²) in [7, 11) is 0. The first kappa shape index (κ1) is 17.3. The van der Waals surface area contributed by atoms with E-state index in [0.29, 0.717) is 23.9 Å². The van der Waals surface area contributed by atoms with Crippen molar-refractivity contribution in [2.45, 2.75) is 13.1 Å². The second kappa shape index (κ2) is 7.24. The summed E-state index contributed by atoms with van der Waals surface area (Å²) in [5, 5.41) is 22.2. The number of fused-ring (bicyclic) bond motifs is 1. The molecule has 0 saturated carbocycles. The van der Waals surface area contributed by atoms with Gasteiger partial charge in [0.2, 0.25) is 5.91 Å². The molecular formula is C18H16ClN5O3. The Bertz CT molecular complexity index is 977. The van der Waals surface area contributed by atoms with Gasteiger partial charge in [-0.15, -0.1) is 10.2 Å². The van der Waals surface area contributed by atoms with E-state index in [2.05, 4.69) is 15.4 Å². The van der Waals surface area contributed by atoms with E-state index in [1.807, 2.05) is 24.3 Å².